The summed E-state index contributed by atoms with van der Waals surface area (Å²) < 4.78 is 5.50. The van der Waals surface area contributed by atoms with Gasteiger partial charge in [0.2, 0.25) is 0 Å². The van der Waals surface area contributed by atoms with Crippen LogP contribution in [0.5, 0.6) is 0 Å². The number of amides is 2. The maximum absolute atomic E-state index is 12.8. The average Bonchev–Trinajstić information content (AvgIpc) is 2.98. The van der Waals surface area contributed by atoms with Crippen molar-refractivity contribution in [2.75, 3.05) is 45.8 Å². The van der Waals surface area contributed by atoms with E-state index >= 15 is 0 Å². The van der Waals surface area contributed by atoms with E-state index in [9.17, 15) is 9.59 Å². The molecule has 0 bridgehead atoms. The van der Waals surface area contributed by atoms with Crippen LogP contribution in [-0.2, 0) is 4.74 Å². The summed E-state index contributed by atoms with van der Waals surface area (Å²) in [6, 6.07) is 7.84. The number of hydrogen-bond acceptors (Lipinski definition) is 4. The molecule has 3 rings (SSSR count). The molecule has 2 aliphatic heterocycles. The van der Waals surface area contributed by atoms with Crippen molar-refractivity contribution in [3.63, 3.8) is 0 Å². The van der Waals surface area contributed by atoms with Crippen molar-refractivity contribution >= 4 is 12.0 Å². The van der Waals surface area contributed by atoms with Crippen LogP contribution in [0.3, 0.4) is 0 Å². The minimum absolute atomic E-state index is 0.132. The summed E-state index contributed by atoms with van der Waals surface area (Å²) >= 11 is 0. The third-order valence-electron chi connectivity index (χ3n) is 5.59. The molecule has 6 heteroatoms. The molecular formula is C23H35N3O3. The number of carbonyl (C=O) groups excluding carboxylic acids is 2. The monoisotopic (exact) mass is 401 g/mol. The van der Waals surface area contributed by atoms with Crippen LogP contribution in [0.25, 0.3) is 0 Å². The van der Waals surface area contributed by atoms with Gasteiger partial charge < -0.3 is 19.4 Å². The number of hydrogen-bond donors (Lipinski definition) is 0. The number of rotatable bonds is 3. The Morgan fingerprint density at radius 3 is 2.59 bits per heavy atom. The van der Waals surface area contributed by atoms with Crippen LogP contribution in [0.1, 0.15) is 49.5 Å². The Morgan fingerprint density at radius 2 is 1.86 bits per heavy atom. The van der Waals surface area contributed by atoms with Gasteiger partial charge in [0.15, 0.2) is 0 Å². The van der Waals surface area contributed by atoms with Crippen LogP contribution in [0.15, 0.2) is 24.3 Å². The Hall–Kier alpha value is -2.08. The summed E-state index contributed by atoms with van der Waals surface area (Å²) in [5.74, 6) is 0.606. The van der Waals surface area contributed by atoms with Gasteiger partial charge in [0, 0.05) is 44.8 Å². The van der Waals surface area contributed by atoms with Crippen molar-refractivity contribution in [3.8, 4) is 0 Å². The molecule has 2 fully saturated rings. The van der Waals surface area contributed by atoms with Gasteiger partial charge in [-0.2, -0.15) is 0 Å². The fourth-order valence-corrected chi connectivity index (χ4v) is 4.16. The largest absolute Gasteiger partial charge is 0.444 e. The first-order valence-corrected chi connectivity index (χ1v) is 10.8. The second-order valence-corrected chi connectivity index (χ2v) is 9.40. The van der Waals surface area contributed by atoms with Crippen molar-refractivity contribution in [1.82, 2.24) is 14.7 Å². The van der Waals surface area contributed by atoms with Crippen molar-refractivity contribution in [1.29, 1.82) is 0 Å². The lowest BCUT2D eigenvalue weighted by Gasteiger charge is -2.26. The zero-order chi connectivity index (χ0) is 21.0. The Labute approximate surface area is 174 Å². The molecule has 0 unspecified atom stereocenters. The van der Waals surface area contributed by atoms with Crippen LogP contribution in [0.4, 0.5) is 4.79 Å². The summed E-state index contributed by atoms with van der Waals surface area (Å²) in [5, 5.41) is 0. The number of carbonyl (C=O) groups is 2. The standard InChI is InChI=1S/C23H35N3O3/c1-18-7-5-8-20(15-18)21(27)25-11-6-10-24(13-14-25)16-19-9-12-26(17-19)22(28)29-23(2,3)4/h5,7-8,15,19H,6,9-14,16-17H2,1-4H3/t19-/m0/s1. The smallest absolute Gasteiger partial charge is 0.410 e. The molecular weight excluding hydrogens is 366 g/mol. The summed E-state index contributed by atoms with van der Waals surface area (Å²) in [6.07, 6.45) is 1.80. The van der Waals surface area contributed by atoms with Gasteiger partial charge in [-0.15, -0.1) is 0 Å². The molecule has 0 spiro atoms. The second kappa shape index (κ2) is 9.16. The van der Waals surface area contributed by atoms with E-state index in [1.54, 1.807) is 0 Å². The fourth-order valence-electron chi connectivity index (χ4n) is 4.16. The zero-order valence-corrected chi connectivity index (χ0v) is 18.3. The fraction of sp³-hybridized carbons (Fsp3) is 0.652. The minimum Gasteiger partial charge on any atom is -0.444 e. The predicted molar refractivity (Wildman–Crippen MR) is 114 cm³/mol. The Kier molecular flexibility index (Phi) is 6.83. The van der Waals surface area contributed by atoms with Crippen LogP contribution < -0.4 is 0 Å². The highest BCUT2D eigenvalue weighted by Gasteiger charge is 2.31. The molecule has 0 aromatic heterocycles. The quantitative estimate of drug-likeness (QED) is 0.779. The van der Waals surface area contributed by atoms with E-state index in [0.717, 1.165) is 69.8 Å². The molecule has 1 atom stereocenters. The zero-order valence-electron chi connectivity index (χ0n) is 18.3. The number of likely N-dealkylation sites (tertiary alicyclic amines) is 1. The minimum atomic E-state index is -0.451. The topological polar surface area (TPSA) is 53.1 Å². The molecule has 29 heavy (non-hydrogen) atoms. The van der Waals surface area contributed by atoms with E-state index in [4.69, 9.17) is 4.74 Å². The molecule has 2 amide bonds. The van der Waals surface area contributed by atoms with E-state index in [1.165, 1.54) is 0 Å². The van der Waals surface area contributed by atoms with Gasteiger partial charge in [-0.1, -0.05) is 17.7 Å². The molecule has 0 saturated carbocycles. The van der Waals surface area contributed by atoms with Crippen molar-refractivity contribution in [2.24, 2.45) is 5.92 Å². The van der Waals surface area contributed by atoms with Crippen LogP contribution in [-0.4, -0.2) is 78.1 Å². The predicted octanol–water partition coefficient (Wildman–Crippen LogP) is 3.40. The lowest BCUT2D eigenvalue weighted by Crippen LogP contribution is -2.38. The summed E-state index contributed by atoms with van der Waals surface area (Å²) in [6.45, 7) is 13.7. The molecule has 1 aromatic carbocycles. The van der Waals surface area contributed by atoms with E-state index < -0.39 is 5.60 Å². The van der Waals surface area contributed by atoms with Crippen molar-refractivity contribution < 1.29 is 14.3 Å². The lowest BCUT2D eigenvalue weighted by molar-refractivity contribution is 0.0285. The maximum atomic E-state index is 12.8. The highest BCUT2D eigenvalue weighted by molar-refractivity contribution is 5.94. The molecule has 2 heterocycles. The van der Waals surface area contributed by atoms with Gasteiger partial charge in [-0.25, -0.2) is 4.79 Å². The van der Waals surface area contributed by atoms with Crippen molar-refractivity contribution in [3.05, 3.63) is 35.4 Å². The molecule has 6 nitrogen and oxygen atoms in total. The van der Waals surface area contributed by atoms with E-state index in [0.29, 0.717) is 5.92 Å². The lowest BCUT2D eigenvalue weighted by atomic mass is 10.1. The van der Waals surface area contributed by atoms with Gasteiger partial charge in [0.05, 0.1) is 0 Å². The molecule has 0 radical (unpaired) electrons. The molecule has 0 aliphatic carbocycles. The summed E-state index contributed by atoms with van der Waals surface area (Å²) in [5.41, 5.74) is 1.44. The second-order valence-electron chi connectivity index (χ2n) is 9.40. The molecule has 0 N–H and O–H groups in total. The first-order valence-electron chi connectivity index (χ1n) is 10.8. The normalized spacial score (nSPS) is 21.2. The SMILES string of the molecule is Cc1cccc(C(=O)N2CCCN(C[C@@H]3CCN(C(=O)OC(C)(C)C)C3)CC2)c1. The van der Waals surface area contributed by atoms with Crippen LogP contribution >= 0.6 is 0 Å². The van der Waals surface area contributed by atoms with Gasteiger partial charge in [-0.3, -0.25) is 4.79 Å². The van der Waals surface area contributed by atoms with Gasteiger partial charge in [-0.05, 0) is 65.1 Å². The van der Waals surface area contributed by atoms with Gasteiger partial charge in [0.25, 0.3) is 5.91 Å². The van der Waals surface area contributed by atoms with Crippen molar-refractivity contribution in [2.45, 2.75) is 46.1 Å². The Bertz CT molecular complexity index is 728. The van der Waals surface area contributed by atoms with E-state index in [1.807, 2.05) is 61.8 Å². The maximum Gasteiger partial charge on any atom is 0.410 e. The first-order chi connectivity index (χ1) is 13.7. The third-order valence-corrected chi connectivity index (χ3v) is 5.59. The Morgan fingerprint density at radius 1 is 1.07 bits per heavy atom. The number of ether oxygens (including phenoxy) is 1. The summed E-state index contributed by atoms with van der Waals surface area (Å²) in [4.78, 5) is 31.4. The molecule has 2 saturated heterocycles. The van der Waals surface area contributed by atoms with Gasteiger partial charge >= 0.3 is 6.09 Å². The molecule has 2 aliphatic rings. The van der Waals surface area contributed by atoms with Gasteiger partial charge in [0.1, 0.15) is 5.60 Å². The van der Waals surface area contributed by atoms with Crippen LogP contribution in [0.2, 0.25) is 0 Å². The summed E-state index contributed by atoms with van der Waals surface area (Å²) in [7, 11) is 0. The first kappa shape index (κ1) is 21.6. The molecule has 1 aromatic rings. The third kappa shape index (κ3) is 6.20. The van der Waals surface area contributed by atoms with E-state index in [-0.39, 0.29) is 12.0 Å². The number of benzene rings is 1. The highest BCUT2D eigenvalue weighted by atomic mass is 16.6. The average molecular weight is 402 g/mol. The van der Waals surface area contributed by atoms with E-state index in [2.05, 4.69) is 4.90 Å². The molecule has 160 valence electrons. The Balaban J connectivity index is 1.48. The number of aryl methyl sites for hydroxylation is 1. The number of nitrogens with zero attached hydrogens (tertiary/aromatic N) is 3. The van der Waals surface area contributed by atoms with Crippen LogP contribution in [0, 0.1) is 12.8 Å². The highest BCUT2D eigenvalue weighted by Crippen LogP contribution is 2.21.